The minimum absolute atomic E-state index is 0.00466. The monoisotopic (exact) mass is 313 g/mol. The first kappa shape index (κ1) is 15.7. The normalized spacial score (nSPS) is 14.7. The fourth-order valence-electron chi connectivity index (χ4n) is 3.10. The molecular weight excluding hydrogens is 290 g/mol. The second-order valence-corrected chi connectivity index (χ2v) is 6.27. The molecule has 0 radical (unpaired) electrons. The number of phenols is 1. The van der Waals surface area contributed by atoms with Crippen molar-refractivity contribution in [2.75, 3.05) is 6.54 Å². The van der Waals surface area contributed by atoms with E-state index in [0.717, 1.165) is 60.6 Å². The van der Waals surface area contributed by atoms with Crippen molar-refractivity contribution in [3.63, 3.8) is 0 Å². The van der Waals surface area contributed by atoms with Gasteiger partial charge in [-0.1, -0.05) is 19.1 Å². The summed E-state index contributed by atoms with van der Waals surface area (Å²) in [6.07, 6.45) is 2.61. The Bertz CT molecular complexity index is 767. The largest absolute Gasteiger partial charge is 0.508 e. The molecule has 1 aromatic heterocycles. The average Bonchev–Trinajstić information content (AvgIpc) is 2.52. The third-order valence-electron chi connectivity index (χ3n) is 4.35. The SMILES string of the molecule is CCCc1nc2c(c(=O)[nH]1)CN(Cc1ccc(O)c(C)c1)CC2. The Morgan fingerprint density at radius 1 is 1.39 bits per heavy atom. The lowest BCUT2D eigenvalue weighted by Gasteiger charge is -2.27. The smallest absolute Gasteiger partial charge is 0.255 e. The highest BCUT2D eigenvalue weighted by molar-refractivity contribution is 5.35. The standard InChI is InChI=1S/C18H23N3O2/c1-3-4-17-19-15-7-8-21(11-14(15)18(23)20-17)10-13-5-6-16(22)12(2)9-13/h5-6,9,22H,3-4,7-8,10-11H2,1-2H3,(H,19,20,23). The molecule has 3 rings (SSSR count). The molecular formula is C18H23N3O2. The highest BCUT2D eigenvalue weighted by Gasteiger charge is 2.21. The van der Waals surface area contributed by atoms with Crippen molar-refractivity contribution >= 4 is 0 Å². The van der Waals surface area contributed by atoms with Crippen LogP contribution in [0.25, 0.3) is 0 Å². The molecule has 5 heteroatoms. The molecule has 2 aromatic rings. The number of hydrogen-bond donors (Lipinski definition) is 2. The van der Waals surface area contributed by atoms with Gasteiger partial charge < -0.3 is 10.1 Å². The van der Waals surface area contributed by atoms with E-state index in [1.807, 2.05) is 19.1 Å². The van der Waals surface area contributed by atoms with E-state index < -0.39 is 0 Å². The molecule has 0 atom stereocenters. The second kappa shape index (κ2) is 6.54. The maximum atomic E-state index is 12.3. The van der Waals surface area contributed by atoms with Crippen molar-refractivity contribution < 1.29 is 5.11 Å². The summed E-state index contributed by atoms with van der Waals surface area (Å²) in [5, 5.41) is 9.62. The molecule has 23 heavy (non-hydrogen) atoms. The molecule has 0 spiro atoms. The fourth-order valence-corrected chi connectivity index (χ4v) is 3.10. The number of nitrogens with one attached hydrogen (secondary N) is 1. The second-order valence-electron chi connectivity index (χ2n) is 6.27. The van der Waals surface area contributed by atoms with Crippen molar-refractivity contribution in [2.24, 2.45) is 0 Å². The summed E-state index contributed by atoms with van der Waals surface area (Å²) in [5.41, 5.74) is 3.78. The summed E-state index contributed by atoms with van der Waals surface area (Å²) >= 11 is 0. The van der Waals surface area contributed by atoms with Gasteiger partial charge in [0.1, 0.15) is 11.6 Å². The molecule has 0 saturated heterocycles. The van der Waals surface area contributed by atoms with Crippen molar-refractivity contribution in [2.45, 2.75) is 46.2 Å². The van der Waals surface area contributed by atoms with E-state index in [1.165, 1.54) is 0 Å². The van der Waals surface area contributed by atoms with Crippen molar-refractivity contribution in [1.82, 2.24) is 14.9 Å². The van der Waals surface area contributed by atoms with E-state index in [2.05, 4.69) is 21.8 Å². The Hall–Kier alpha value is -2.14. The summed E-state index contributed by atoms with van der Waals surface area (Å²) in [5.74, 6) is 1.13. The Balaban J connectivity index is 1.77. The number of H-pyrrole nitrogens is 1. The van der Waals surface area contributed by atoms with E-state index in [1.54, 1.807) is 6.07 Å². The third kappa shape index (κ3) is 3.45. The summed E-state index contributed by atoms with van der Waals surface area (Å²) in [4.78, 5) is 22.1. The number of hydrogen-bond acceptors (Lipinski definition) is 4. The van der Waals surface area contributed by atoms with E-state index in [4.69, 9.17) is 0 Å². The van der Waals surface area contributed by atoms with Gasteiger partial charge in [0.05, 0.1) is 11.3 Å². The van der Waals surface area contributed by atoms with Crippen LogP contribution in [0, 0.1) is 6.92 Å². The molecule has 0 bridgehead atoms. The topological polar surface area (TPSA) is 69.2 Å². The van der Waals surface area contributed by atoms with Gasteiger partial charge in [0.15, 0.2) is 0 Å². The van der Waals surface area contributed by atoms with Gasteiger partial charge in [-0.3, -0.25) is 9.69 Å². The van der Waals surface area contributed by atoms with E-state index in [9.17, 15) is 9.90 Å². The van der Waals surface area contributed by atoms with Gasteiger partial charge in [0.2, 0.25) is 0 Å². The minimum atomic E-state index is 0.00466. The molecule has 0 amide bonds. The zero-order valence-corrected chi connectivity index (χ0v) is 13.7. The Morgan fingerprint density at radius 3 is 2.96 bits per heavy atom. The summed E-state index contributed by atoms with van der Waals surface area (Å²) in [6.45, 7) is 6.28. The predicted octanol–water partition coefficient (Wildman–Crippen LogP) is 2.29. The van der Waals surface area contributed by atoms with Gasteiger partial charge in [-0.25, -0.2) is 4.98 Å². The number of aryl methyl sites for hydroxylation is 2. The Labute approximate surface area is 136 Å². The highest BCUT2D eigenvalue weighted by Crippen LogP contribution is 2.20. The minimum Gasteiger partial charge on any atom is -0.508 e. The van der Waals surface area contributed by atoms with Crippen LogP contribution in [0.4, 0.5) is 0 Å². The number of fused-ring (bicyclic) bond motifs is 1. The van der Waals surface area contributed by atoms with Crippen molar-refractivity contribution in [3.05, 3.63) is 56.8 Å². The van der Waals surface area contributed by atoms with Gasteiger partial charge in [0, 0.05) is 32.5 Å². The van der Waals surface area contributed by atoms with Crippen LogP contribution in [0.1, 0.15) is 41.6 Å². The Morgan fingerprint density at radius 2 is 2.22 bits per heavy atom. The summed E-state index contributed by atoms with van der Waals surface area (Å²) in [7, 11) is 0. The number of phenolic OH excluding ortho intramolecular Hbond substituents is 1. The van der Waals surface area contributed by atoms with Crippen LogP contribution in [-0.4, -0.2) is 26.5 Å². The molecule has 122 valence electrons. The first-order valence-corrected chi connectivity index (χ1v) is 8.18. The number of aromatic amines is 1. The van der Waals surface area contributed by atoms with Crippen LogP contribution in [0.3, 0.4) is 0 Å². The van der Waals surface area contributed by atoms with E-state index >= 15 is 0 Å². The maximum absolute atomic E-state index is 12.3. The van der Waals surface area contributed by atoms with Crippen LogP contribution < -0.4 is 5.56 Å². The quantitative estimate of drug-likeness (QED) is 0.909. The fraction of sp³-hybridized carbons (Fsp3) is 0.444. The summed E-state index contributed by atoms with van der Waals surface area (Å²) in [6, 6.07) is 5.66. The maximum Gasteiger partial charge on any atom is 0.255 e. The lowest BCUT2D eigenvalue weighted by molar-refractivity contribution is 0.241. The molecule has 0 aliphatic carbocycles. The molecule has 0 saturated carbocycles. The van der Waals surface area contributed by atoms with Crippen LogP contribution in [-0.2, 0) is 25.9 Å². The molecule has 0 fully saturated rings. The molecule has 1 aromatic carbocycles. The zero-order chi connectivity index (χ0) is 16.4. The summed E-state index contributed by atoms with van der Waals surface area (Å²) < 4.78 is 0. The van der Waals surface area contributed by atoms with Gasteiger partial charge in [0.25, 0.3) is 5.56 Å². The number of aromatic hydroxyl groups is 1. The van der Waals surface area contributed by atoms with Crippen LogP contribution >= 0.6 is 0 Å². The molecule has 2 heterocycles. The van der Waals surface area contributed by atoms with E-state index in [-0.39, 0.29) is 5.56 Å². The van der Waals surface area contributed by atoms with Crippen LogP contribution in [0.5, 0.6) is 5.75 Å². The average molecular weight is 313 g/mol. The highest BCUT2D eigenvalue weighted by atomic mass is 16.3. The first-order valence-electron chi connectivity index (χ1n) is 8.18. The molecule has 1 aliphatic rings. The van der Waals surface area contributed by atoms with Gasteiger partial charge in [-0.15, -0.1) is 0 Å². The predicted molar refractivity (Wildman–Crippen MR) is 89.5 cm³/mol. The van der Waals surface area contributed by atoms with Crippen molar-refractivity contribution in [1.29, 1.82) is 0 Å². The van der Waals surface area contributed by atoms with Crippen LogP contribution in [0.2, 0.25) is 0 Å². The first-order chi connectivity index (χ1) is 11.1. The van der Waals surface area contributed by atoms with E-state index in [0.29, 0.717) is 12.3 Å². The van der Waals surface area contributed by atoms with Crippen LogP contribution in [0.15, 0.2) is 23.0 Å². The number of nitrogens with zero attached hydrogens (tertiary/aromatic N) is 2. The number of aromatic nitrogens is 2. The number of rotatable bonds is 4. The van der Waals surface area contributed by atoms with Gasteiger partial charge in [-0.05, 0) is 30.5 Å². The number of benzene rings is 1. The zero-order valence-electron chi connectivity index (χ0n) is 13.7. The third-order valence-corrected chi connectivity index (χ3v) is 4.35. The lowest BCUT2D eigenvalue weighted by atomic mass is 10.0. The molecule has 5 nitrogen and oxygen atoms in total. The molecule has 0 unspecified atom stereocenters. The van der Waals surface area contributed by atoms with Gasteiger partial charge >= 0.3 is 0 Å². The lowest BCUT2D eigenvalue weighted by Crippen LogP contribution is -2.35. The van der Waals surface area contributed by atoms with Gasteiger partial charge in [-0.2, -0.15) is 0 Å². The molecule has 2 N–H and O–H groups in total. The molecule has 1 aliphatic heterocycles. The van der Waals surface area contributed by atoms with Crippen molar-refractivity contribution in [3.8, 4) is 5.75 Å². The Kier molecular flexibility index (Phi) is 4.48.